The third kappa shape index (κ3) is 7.32. The van der Waals surface area contributed by atoms with Gasteiger partial charge < -0.3 is 15.0 Å². The molecule has 1 N–H and O–H groups in total. The van der Waals surface area contributed by atoms with Crippen LogP contribution in [0.2, 0.25) is 10.0 Å². The number of nitrogens with one attached hydrogen (secondary N) is 1. The molecule has 0 aliphatic carbocycles. The van der Waals surface area contributed by atoms with Crippen LogP contribution in [0.1, 0.15) is 22.9 Å². The molecule has 0 saturated carbocycles. The van der Waals surface area contributed by atoms with E-state index in [0.29, 0.717) is 27.1 Å². The predicted octanol–water partition coefficient (Wildman–Crippen LogP) is 5.85. The first-order valence-electron chi connectivity index (χ1n) is 11.6. The lowest BCUT2D eigenvalue weighted by molar-refractivity contribution is -0.143. The van der Waals surface area contributed by atoms with Crippen LogP contribution in [0.25, 0.3) is 0 Å². The molecular formula is C29H25Cl2N3O3. The number of ether oxygens (including phenoxy) is 1. The summed E-state index contributed by atoms with van der Waals surface area (Å²) < 4.78 is 5.75. The summed E-state index contributed by atoms with van der Waals surface area (Å²) in [7, 11) is 0. The highest BCUT2D eigenvalue weighted by molar-refractivity contribution is 6.32. The Balaban J connectivity index is 1.63. The maximum Gasteiger partial charge on any atom is 0.261 e. The molecule has 37 heavy (non-hydrogen) atoms. The lowest BCUT2D eigenvalue weighted by Crippen LogP contribution is -2.45. The van der Waals surface area contributed by atoms with E-state index in [1.807, 2.05) is 60.7 Å². The van der Waals surface area contributed by atoms with Crippen molar-refractivity contribution in [3.63, 3.8) is 0 Å². The molecule has 6 nitrogen and oxygen atoms in total. The molecule has 3 aromatic carbocycles. The van der Waals surface area contributed by atoms with Crippen LogP contribution in [0.3, 0.4) is 0 Å². The first-order valence-corrected chi connectivity index (χ1v) is 12.4. The maximum atomic E-state index is 13.6. The molecule has 1 atom stereocenters. The minimum atomic E-state index is -0.914. The van der Waals surface area contributed by atoms with Crippen molar-refractivity contribution in [1.29, 1.82) is 0 Å². The number of aromatic nitrogens is 1. The van der Waals surface area contributed by atoms with Gasteiger partial charge in [0.05, 0.1) is 17.3 Å². The Morgan fingerprint density at radius 2 is 1.57 bits per heavy atom. The highest BCUT2D eigenvalue weighted by Crippen LogP contribution is 2.26. The zero-order valence-corrected chi connectivity index (χ0v) is 21.4. The van der Waals surface area contributed by atoms with Crippen molar-refractivity contribution in [2.75, 3.05) is 6.61 Å². The van der Waals surface area contributed by atoms with Crippen molar-refractivity contribution >= 4 is 35.0 Å². The van der Waals surface area contributed by atoms with Gasteiger partial charge in [0.15, 0.2) is 6.61 Å². The van der Waals surface area contributed by atoms with E-state index < -0.39 is 6.04 Å². The van der Waals surface area contributed by atoms with Crippen molar-refractivity contribution in [2.24, 2.45) is 0 Å². The first-order chi connectivity index (χ1) is 18.0. The number of hydrogen-bond acceptors (Lipinski definition) is 4. The number of benzene rings is 3. The highest BCUT2D eigenvalue weighted by Gasteiger charge is 2.32. The summed E-state index contributed by atoms with van der Waals surface area (Å²) in [5, 5.41) is 3.91. The van der Waals surface area contributed by atoms with Crippen LogP contribution in [-0.2, 0) is 22.7 Å². The van der Waals surface area contributed by atoms with Gasteiger partial charge in [-0.15, -0.1) is 0 Å². The van der Waals surface area contributed by atoms with Crippen LogP contribution in [0, 0.1) is 0 Å². The Kier molecular flexibility index (Phi) is 9.13. The van der Waals surface area contributed by atoms with Gasteiger partial charge >= 0.3 is 0 Å². The normalized spacial score (nSPS) is 11.4. The van der Waals surface area contributed by atoms with E-state index in [1.165, 1.54) is 4.90 Å². The van der Waals surface area contributed by atoms with E-state index in [2.05, 4.69) is 10.3 Å². The van der Waals surface area contributed by atoms with Crippen molar-refractivity contribution in [3.05, 3.63) is 130 Å². The second-order valence-corrected chi connectivity index (χ2v) is 9.06. The number of carbonyl (C=O) groups is 2. The molecule has 1 aromatic heterocycles. The average Bonchev–Trinajstić information content (AvgIpc) is 2.93. The summed E-state index contributed by atoms with van der Waals surface area (Å²) in [6, 6.07) is 27.8. The maximum absolute atomic E-state index is 13.6. The van der Waals surface area contributed by atoms with E-state index in [4.69, 9.17) is 27.9 Å². The molecule has 1 heterocycles. The molecule has 0 radical (unpaired) electrons. The SMILES string of the molecule is O=C(NCc1ccccn1)C(c1ccccc1)N(Cc1ccc(Cl)cc1)C(=O)COc1ccccc1Cl. The number of carbonyl (C=O) groups excluding carboxylic acids is 2. The molecule has 0 fully saturated rings. The van der Waals surface area contributed by atoms with Gasteiger partial charge in [-0.2, -0.15) is 0 Å². The Bertz CT molecular complexity index is 1320. The van der Waals surface area contributed by atoms with Crippen LogP contribution >= 0.6 is 23.2 Å². The van der Waals surface area contributed by atoms with Crippen LogP contribution in [0.5, 0.6) is 5.75 Å². The second kappa shape index (κ2) is 12.9. The van der Waals surface area contributed by atoms with Gasteiger partial charge in [-0.05, 0) is 47.5 Å². The zero-order valence-electron chi connectivity index (χ0n) is 19.9. The van der Waals surface area contributed by atoms with Crippen molar-refractivity contribution in [2.45, 2.75) is 19.1 Å². The topological polar surface area (TPSA) is 71.5 Å². The lowest BCUT2D eigenvalue weighted by atomic mass is 10.0. The molecule has 188 valence electrons. The largest absolute Gasteiger partial charge is 0.482 e. The third-order valence-corrected chi connectivity index (χ3v) is 6.18. The summed E-state index contributed by atoms with van der Waals surface area (Å²) in [5.74, 6) is -0.326. The van der Waals surface area contributed by atoms with Crippen molar-refractivity contribution in [1.82, 2.24) is 15.2 Å². The third-order valence-electron chi connectivity index (χ3n) is 5.62. The van der Waals surface area contributed by atoms with E-state index in [-0.39, 0.29) is 31.5 Å². The Hall–Kier alpha value is -3.87. The molecule has 1 unspecified atom stereocenters. The molecule has 8 heteroatoms. The fourth-order valence-electron chi connectivity index (χ4n) is 3.78. The fourth-order valence-corrected chi connectivity index (χ4v) is 4.10. The van der Waals surface area contributed by atoms with Crippen LogP contribution < -0.4 is 10.1 Å². The Morgan fingerprint density at radius 1 is 0.865 bits per heavy atom. The number of para-hydroxylation sites is 1. The number of rotatable bonds is 10. The summed E-state index contributed by atoms with van der Waals surface area (Å²) in [6.45, 7) is 0.0920. The lowest BCUT2D eigenvalue weighted by Gasteiger charge is -2.31. The monoisotopic (exact) mass is 533 g/mol. The van der Waals surface area contributed by atoms with Crippen LogP contribution in [0.4, 0.5) is 0 Å². The molecule has 0 spiro atoms. The predicted molar refractivity (Wildman–Crippen MR) is 144 cm³/mol. The Morgan fingerprint density at radius 3 is 2.27 bits per heavy atom. The smallest absolute Gasteiger partial charge is 0.261 e. The van der Waals surface area contributed by atoms with Gasteiger partial charge in [0, 0.05) is 17.8 Å². The van der Waals surface area contributed by atoms with Crippen molar-refractivity contribution in [3.8, 4) is 5.75 Å². The number of halogens is 2. The number of nitrogens with zero attached hydrogens (tertiary/aromatic N) is 2. The summed E-state index contributed by atoms with van der Waals surface area (Å²) >= 11 is 12.3. The van der Waals surface area contributed by atoms with E-state index in [1.54, 1.807) is 42.6 Å². The number of pyridine rings is 1. The molecule has 4 rings (SSSR count). The van der Waals surface area contributed by atoms with Gasteiger partial charge in [-0.25, -0.2) is 0 Å². The minimum Gasteiger partial charge on any atom is -0.482 e. The molecule has 0 aliphatic heterocycles. The quantitative estimate of drug-likeness (QED) is 0.277. The average molecular weight is 534 g/mol. The summed E-state index contributed by atoms with van der Waals surface area (Å²) in [5.41, 5.74) is 2.19. The van der Waals surface area contributed by atoms with E-state index >= 15 is 0 Å². The zero-order chi connectivity index (χ0) is 26.0. The molecule has 0 saturated heterocycles. The Labute approximate surface area is 225 Å². The van der Waals surface area contributed by atoms with E-state index in [0.717, 1.165) is 5.56 Å². The van der Waals surface area contributed by atoms with Gasteiger partial charge in [0.25, 0.3) is 5.91 Å². The van der Waals surface area contributed by atoms with Gasteiger partial charge in [0.2, 0.25) is 5.91 Å². The van der Waals surface area contributed by atoms with Gasteiger partial charge in [-0.1, -0.05) is 83.9 Å². The second-order valence-electron chi connectivity index (χ2n) is 8.22. The molecule has 4 aromatic rings. The summed E-state index contributed by atoms with van der Waals surface area (Å²) in [4.78, 5) is 33.0. The van der Waals surface area contributed by atoms with Gasteiger partial charge in [-0.3, -0.25) is 14.6 Å². The highest BCUT2D eigenvalue weighted by atomic mass is 35.5. The molecule has 0 bridgehead atoms. The number of amides is 2. The molecule has 0 aliphatic rings. The number of hydrogen-bond donors (Lipinski definition) is 1. The first kappa shape index (κ1) is 26.2. The summed E-state index contributed by atoms with van der Waals surface area (Å²) in [6.07, 6.45) is 1.67. The molecule has 2 amide bonds. The molecular weight excluding hydrogens is 509 g/mol. The minimum absolute atomic E-state index is 0.165. The van der Waals surface area contributed by atoms with Crippen LogP contribution in [0.15, 0.2) is 103 Å². The standard InChI is InChI=1S/C29H25Cl2N3O3/c30-23-15-13-21(14-16-23)19-34(27(35)20-37-26-12-5-4-11-25(26)31)28(22-8-2-1-3-9-22)29(36)33-18-24-10-6-7-17-32-24/h1-17,28H,18-20H2,(H,33,36). The van der Waals surface area contributed by atoms with E-state index in [9.17, 15) is 9.59 Å². The van der Waals surface area contributed by atoms with Crippen LogP contribution in [-0.4, -0.2) is 28.3 Å². The van der Waals surface area contributed by atoms with Crippen molar-refractivity contribution < 1.29 is 14.3 Å². The fraction of sp³-hybridized carbons (Fsp3) is 0.138. The van der Waals surface area contributed by atoms with Gasteiger partial charge in [0.1, 0.15) is 11.8 Å².